The predicted octanol–water partition coefficient (Wildman–Crippen LogP) is 0.643. The Kier molecular flexibility index (Phi) is 3.45. The quantitative estimate of drug-likeness (QED) is 0.592. The lowest BCUT2D eigenvalue weighted by Crippen LogP contribution is -2.19. The van der Waals surface area contributed by atoms with E-state index in [1.54, 1.807) is 6.92 Å². The van der Waals surface area contributed by atoms with Crippen LogP contribution in [0.1, 0.15) is 6.92 Å². The van der Waals surface area contributed by atoms with E-state index in [2.05, 4.69) is 9.47 Å². The third-order valence-corrected chi connectivity index (χ3v) is 1.29. The monoisotopic (exact) mass is 186 g/mol. The molecular weight excluding hydrogens is 176 g/mol. The highest BCUT2D eigenvalue weighted by atomic mass is 16.7. The molecule has 0 saturated carbocycles. The van der Waals surface area contributed by atoms with Gasteiger partial charge >= 0.3 is 6.16 Å². The van der Waals surface area contributed by atoms with Gasteiger partial charge in [-0.2, -0.15) is 0 Å². The normalized spacial score (nSPS) is 16.4. The topological polar surface area (TPSA) is 61.8 Å². The van der Waals surface area contributed by atoms with Gasteiger partial charge in [-0.15, -0.1) is 0 Å². The van der Waals surface area contributed by atoms with Crippen molar-refractivity contribution in [1.29, 1.82) is 0 Å². The molecule has 0 fully saturated rings. The van der Waals surface area contributed by atoms with Crippen LogP contribution in [0.3, 0.4) is 0 Å². The Morgan fingerprint density at radius 2 is 2.38 bits per heavy atom. The molecule has 13 heavy (non-hydrogen) atoms. The van der Waals surface area contributed by atoms with Crippen molar-refractivity contribution in [3.8, 4) is 0 Å². The van der Waals surface area contributed by atoms with Crippen LogP contribution < -0.4 is 0 Å². The molecule has 0 aromatic carbocycles. The average molecular weight is 186 g/mol. The fraction of sp³-hybridized carbons (Fsp3) is 0.500. The molecule has 0 unspecified atom stereocenters. The van der Waals surface area contributed by atoms with E-state index in [4.69, 9.17) is 4.74 Å². The van der Waals surface area contributed by atoms with Crippen molar-refractivity contribution in [3.63, 3.8) is 0 Å². The Balaban J connectivity index is 2.44. The van der Waals surface area contributed by atoms with Crippen LogP contribution in [0.4, 0.5) is 4.79 Å². The molecule has 0 aromatic heterocycles. The first-order chi connectivity index (χ1) is 6.22. The largest absolute Gasteiger partial charge is 0.513 e. The molecule has 0 radical (unpaired) electrons. The highest BCUT2D eigenvalue weighted by Crippen LogP contribution is 2.05. The van der Waals surface area contributed by atoms with Crippen LogP contribution >= 0.6 is 0 Å². The summed E-state index contributed by atoms with van der Waals surface area (Å²) in [5.74, 6) is -0.0275. The van der Waals surface area contributed by atoms with Gasteiger partial charge in [-0.1, -0.05) is 0 Å². The molecule has 0 N–H and O–H groups in total. The van der Waals surface area contributed by atoms with Gasteiger partial charge in [0.1, 0.15) is 19.0 Å². The first-order valence-corrected chi connectivity index (χ1v) is 3.88. The van der Waals surface area contributed by atoms with Gasteiger partial charge < -0.3 is 14.2 Å². The SMILES string of the molecule is CCOC(=O)OC1=CC(=O)COC1. The van der Waals surface area contributed by atoms with Crippen LogP contribution in [0.5, 0.6) is 0 Å². The Hall–Kier alpha value is -1.36. The van der Waals surface area contributed by atoms with Crippen molar-refractivity contribution in [2.75, 3.05) is 19.8 Å². The molecule has 5 heteroatoms. The van der Waals surface area contributed by atoms with Gasteiger partial charge in [-0.3, -0.25) is 4.79 Å². The minimum Gasteiger partial charge on any atom is -0.434 e. The van der Waals surface area contributed by atoms with Crippen molar-refractivity contribution in [1.82, 2.24) is 0 Å². The molecule has 0 saturated heterocycles. The summed E-state index contributed by atoms with van der Waals surface area (Å²) in [4.78, 5) is 21.5. The summed E-state index contributed by atoms with van der Waals surface area (Å²) in [5.41, 5.74) is 0. The maximum Gasteiger partial charge on any atom is 0.513 e. The summed E-state index contributed by atoms with van der Waals surface area (Å²) in [6, 6.07) is 0. The van der Waals surface area contributed by atoms with Gasteiger partial charge in [0.05, 0.1) is 6.61 Å². The smallest absolute Gasteiger partial charge is 0.434 e. The maximum atomic E-state index is 10.8. The van der Waals surface area contributed by atoms with E-state index >= 15 is 0 Å². The number of carbonyl (C=O) groups is 2. The third-order valence-electron chi connectivity index (χ3n) is 1.29. The third kappa shape index (κ3) is 3.25. The predicted molar refractivity (Wildman–Crippen MR) is 42.0 cm³/mol. The van der Waals surface area contributed by atoms with Gasteiger partial charge in [-0.25, -0.2) is 4.79 Å². The fourth-order valence-corrected chi connectivity index (χ4v) is 0.828. The van der Waals surface area contributed by atoms with Gasteiger partial charge in [-0.05, 0) is 6.92 Å². The van der Waals surface area contributed by atoms with E-state index in [1.807, 2.05) is 0 Å². The lowest BCUT2D eigenvalue weighted by molar-refractivity contribution is -0.120. The van der Waals surface area contributed by atoms with Gasteiger partial charge in [0.15, 0.2) is 5.78 Å². The molecule has 72 valence electrons. The molecule has 0 aliphatic carbocycles. The molecular formula is C8H10O5. The Morgan fingerprint density at radius 1 is 1.62 bits per heavy atom. The summed E-state index contributed by atoms with van der Waals surface area (Å²) in [5, 5.41) is 0. The molecule has 1 aliphatic rings. The molecule has 1 heterocycles. The number of ketones is 1. The van der Waals surface area contributed by atoms with Crippen LogP contribution in [0, 0.1) is 0 Å². The second-order valence-electron chi connectivity index (χ2n) is 2.35. The van der Waals surface area contributed by atoms with Crippen molar-refractivity contribution in [3.05, 3.63) is 11.8 Å². The van der Waals surface area contributed by atoms with E-state index in [1.165, 1.54) is 6.08 Å². The summed E-state index contributed by atoms with van der Waals surface area (Å²) in [7, 11) is 0. The number of carbonyl (C=O) groups excluding carboxylic acids is 2. The Bertz CT molecular complexity index is 243. The molecule has 0 spiro atoms. The van der Waals surface area contributed by atoms with Gasteiger partial charge in [0.2, 0.25) is 0 Å². The minimum absolute atomic E-state index is 0.0374. The fourth-order valence-electron chi connectivity index (χ4n) is 0.828. The Labute approximate surface area is 75.3 Å². The van der Waals surface area contributed by atoms with Crippen LogP contribution in [-0.4, -0.2) is 31.8 Å². The standard InChI is InChI=1S/C8H10O5/c1-2-12-8(10)13-7-3-6(9)4-11-5-7/h3H,2,4-5H2,1H3. The first kappa shape index (κ1) is 9.73. The zero-order chi connectivity index (χ0) is 9.68. The second kappa shape index (κ2) is 4.61. The van der Waals surface area contributed by atoms with Gasteiger partial charge in [0.25, 0.3) is 0 Å². The molecule has 1 rings (SSSR count). The van der Waals surface area contributed by atoms with Gasteiger partial charge in [0, 0.05) is 6.08 Å². The van der Waals surface area contributed by atoms with Crippen LogP contribution in [0.15, 0.2) is 11.8 Å². The van der Waals surface area contributed by atoms with Crippen LogP contribution in [0.25, 0.3) is 0 Å². The summed E-state index contributed by atoms with van der Waals surface area (Å²) >= 11 is 0. The minimum atomic E-state index is -0.813. The Morgan fingerprint density at radius 3 is 3.00 bits per heavy atom. The molecule has 0 bridgehead atoms. The number of ether oxygens (including phenoxy) is 3. The summed E-state index contributed by atoms with van der Waals surface area (Å²) in [6.07, 6.45) is 0.424. The van der Waals surface area contributed by atoms with Crippen LogP contribution in [0.2, 0.25) is 0 Å². The average Bonchev–Trinajstić information content (AvgIpc) is 2.04. The zero-order valence-electron chi connectivity index (χ0n) is 7.24. The van der Waals surface area contributed by atoms with Crippen molar-refractivity contribution >= 4 is 11.9 Å². The summed E-state index contributed by atoms with van der Waals surface area (Å²) in [6.45, 7) is 2.07. The number of hydrogen-bond acceptors (Lipinski definition) is 5. The van der Waals surface area contributed by atoms with Crippen LogP contribution in [-0.2, 0) is 19.0 Å². The lowest BCUT2D eigenvalue weighted by Gasteiger charge is -2.11. The molecule has 1 aliphatic heterocycles. The highest BCUT2D eigenvalue weighted by Gasteiger charge is 2.14. The zero-order valence-corrected chi connectivity index (χ0v) is 7.24. The van der Waals surface area contributed by atoms with E-state index in [0.29, 0.717) is 0 Å². The molecule has 0 atom stereocenters. The highest BCUT2D eigenvalue weighted by molar-refractivity contribution is 5.92. The lowest BCUT2D eigenvalue weighted by atomic mass is 10.3. The van der Waals surface area contributed by atoms with E-state index in [-0.39, 0.29) is 31.4 Å². The van der Waals surface area contributed by atoms with Crippen molar-refractivity contribution in [2.45, 2.75) is 6.92 Å². The van der Waals surface area contributed by atoms with Crippen molar-refractivity contribution in [2.24, 2.45) is 0 Å². The first-order valence-electron chi connectivity index (χ1n) is 3.88. The second-order valence-corrected chi connectivity index (χ2v) is 2.35. The molecule has 0 aromatic rings. The summed E-state index contributed by atoms with van der Waals surface area (Å²) < 4.78 is 14.0. The molecule has 5 nitrogen and oxygen atoms in total. The van der Waals surface area contributed by atoms with E-state index in [0.717, 1.165) is 0 Å². The van der Waals surface area contributed by atoms with E-state index < -0.39 is 6.16 Å². The van der Waals surface area contributed by atoms with Crippen molar-refractivity contribution < 1.29 is 23.8 Å². The number of hydrogen-bond donors (Lipinski definition) is 0. The van der Waals surface area contributed by atoms with E-state index in [9.17, 15) is 9.59 Å². The maximum absolute atomic E-state index is 10.8. The number of rotatable bonds is 2. The molecule has 0 amide bonds.